The first-order chi connectivity index (χ1) is 10.3. The minimum absolute atomic E-state index is 0.124. The highest BCUT2D eigenvalue weighted by Gasteiger charge is 2.39. The maximum atomic E-state index is 12.5. The van der Waals surface area contributed by atoms with Gasteiger partial charge in [0.1, 0.15) is 5.75 Å². The van der Waals surface area contributed by atoms with Crippen molar-refractivity contribution in [2.24, 2.45) is 5.92 Å². The molecule has 0 saturated heterocycles. The van der Waals surface area contributed by atoms with E-state index in [9.17, 15) is 14.4 Å². The van der Waals surface area contributed by atoms with Gasteiger partial charge in [0, 0.05) is 12.2 Å². The number of carbonyl (C=O) groups excluding carboxylic acids is 2. The fourth-order valence-electron chi connectivity index (χ4n) is 2.20. The Hall–Kier alpha value is -2.63. The Morgan fingerprint density at radius 3 is 2.59 bits per heavy atom. The van der Waals surface area contributed by atoms with Gasteiger partial charge in [0.05, 0.1) is 5.69 Å². The molecule has 1 aliphatic heterocycles. The van der Waals surface area contributed by atoms with Crippen molar-refractivity contribution >= 4 is 23.5 Å². The van der Waals surface area contributed by atoms with Crippen LogP contribution < -0.4 is 9.64 Å². The van der Waals surface area contributed by atoms with E-state index in [-0.39, 0.29) is 5.92 Å². The van der Waals surface area contributed by atoms with Crippen molar-refractivity contribution < 1.29 is 24.2 Å². The van der Waals surface area contributed by atoms with Gasteiger partial charge in [0.2, 0.25) is 0 Å². The van der Waals surface area contributed by atoms with Crippen LogP contribution in [0, 0.1) is 12.8 Å². The number of anilines is 1. The second-order valence-electron chi connectivity index (χ2n) is 5.44. The number of hydrogen-bond donors (Lipinski definition) is 1. The molecule has 2 rings (SSSR count). The van der Waals surface area contributed by atoms with E-state index in [0.717, 1.165) is 16.5 Å². The highest BCUT2D eigenvalue weighted by atomic mass is 16.5. The lowest BCUT2D eigenvalue weighted by Gasteiger charge is -2.34. The average Bonchev–Trinajstić information content (AvgIpc) is 2.43. The minimum Gasteiger partial charge on any atom is -0.478 e. The van der Waals surface area contributed by atoms with E-state index >= 15 is 0 Å². The summed E-state index contributed by atoms with van der Waals surface area (Å²) >= 11 is 0. The van der Waals surface area contributed by atoms with E-state index in [4.69, 9.17) is 9.84 Å². The van der Waals surface area contributed by atoms with Crippen LogP contribution in [0.2, 0.25) is 0 Å². The van der Waals surface area contributed by atoms with E-state index in [0.29, 0.717) is 17.5 Å². The second kappa shape index (κ2) is 6.01. The van der Waals surface area contributed by atoms with Gasteiger partial charge in [-0.3, -0.25) is 9.59 Å². The number of hydrogen-bond acceptors (Lipinski definition) is 4. The maximum Gasteiger partial charge on any atom is 0.328 e. The Morgan fingerprint density at radius 2 is 2.00 bits per heavy atom. The van der Waals surface area contributed by atoms with Gasteiger partial charge in [-0.2, -0.15) is 0 Å². The van der Waals surface area contributed by atoms with Gasteiger partial charge in [0.25, 0.3) is 11.8 Å². The highest BCUT2D eigenvalue weighted by molar-refractivity contribution is 6.22. The average molecular weight is 303 g/mol. The fourth-order valence-corrected chi connectivity index (χ4v) is 2.20. The molecule has 1 atom stereocenters. The van der Waals surface area contributed by atoms with Gasteiger partial charge < -0.3 is 9.84 Å². The van der Waals surface area contributed by atoms with Crippen molar-refractivity contribution in [1.29, 1.82) is 0 Å². The van der Waals surface area contributed by atoms with E-state index in [1.807, 2.05) is 26.8 Å². The number of carboxylic acids is 1. The van der Waals surface area contributed by atoms with Crippen LogP contribution in [0.4, 0.5) is 5.69 Å². The topological polar surface area (TPSA) is 83.9 Å². The summed E-state index contributed by atoms with van der Waals surface area (Å²) < 4.78 is 5.68. The van der Waals surface area contributed by atoms with Gasteiger partial charge in [-0.05, 0) is 30.5 Å². The van der Waals surface area contributed by atoms with Crippen molar-refractivity contribution in [2.75, 3.05) is 4.90 Å². The summed E-state index contributed by atoms with van der Waals surface area (Å²) in [5.74, 6) is -2.14. The van der Waals surface area contributed by atoms with Crippen molar-refractivity contribution in [2.45, 2.75) is 26.9 Å². The predicted molar refractivity (Wildman–Crippen MR) is 79.7 cm³/mol. The number of imide groups is 1. The lowest BCUT2D eigenvalue weighted by Crippen LogP contribution is -2.50. The lowest BCUT2D eigenvalue weighted by atomic mass is 10.0. The second-order valence-corrected chi connectivity index (χ2v) is 5.44. The lowest BCUT2D eigenvalue weighted by molar-refractivity contribution is -0.133. The normalized spacial score (nSPS) is 17.5. The number of carboxylic acid groups (broad SMARTS) is 1. The van der Waals surface area contributed by atoms with Crippen molar-refractivity contribution in [3.05, 3.63) is 35.9 Å². The molecule has 0 saturated carbocycles. The fraction of sp³-hybridized carbons (Fsp3) is 0.312. The van der Waals surface area contributed by atoms with Crippen LogP contribution in [0.5, 0.6) is 5.75 Å². The molecule has 22 heavy (non-hydrogen) atoms. The van der Waals surface area contributed by atoms with Gasteiger partial charge in [0.15, 0.2) is 6.10 Å². The van der Waals surface area contributed by atoms with E-state index in [1.54, 1.807) is 12.1 Å². The zero-order chi connectivity index (χ0) is 16.4. The Balaban J connectivity index is 2.49. The van der Waals surface area contributed by atoms with Crippen LogP contribution in [-0.4, -0.2) is 29.0 Å². The Labute approximate surface area is 128 Å². The molecule has 6 nitrogen and oxygen atoms in total. The van der Waals surface area contributed by atoms with Crippen LogP contribution in [0.25, 0.3) is 0 Å². The molecule has 2 amide bonds. The third-order valence-electron chi connectivity index (χ3n) is 3.27. The number of rotatable bonds is 3. The van der Waals surface area contributed by atoms with Crippen LogP contribution in [0.15, 0.2) is 30.4 Å². The minimum atomic E-state index is -1.25. The molecule has 1 aliphatic rings. The van der Waals surface area contributed by atoms with Crippen LogP contribution in [0.1, 0.15) is 19.4 Å². The molecule has 1 unspecified atom stereocenters. The monoisotopic (exact) mass is 303 g/mol. The molecule has 1 heterocycles. The standard InChI is InChI=1S/C16H17NO5/c1-9(2)15-16(21)17(13(18)6-7-14(19)20)11-8-10(3)4-5-12(11)22-15/h4-9,15H,1-3H3,(H,19,20)/b7-6+. The van der Waals surface area contributed by atoms with Crippen molar-refractivity contribution in [1.82, 2.24) is 0 Å². The molecule has 1 aromatic rings. The van der Waals surface area contributed by atoms with Gasteiger partial charge >= 0.3 is 5.97 Å². The number of benzene rings is 1. The summed E-state index contributed by atoms with van der Waals surface area (Å²) in [6.07, 6.45) is 0.803. The zero-order valence-corrected chi connectivity index (χ0v) is 12.6. The quantitative estimate of drug-likeness (QED) is 0.862. The number of aryl methyl sites for hydroxylation is 1. The zero-order valence-electron chi connectivity index (χ0n) is 12.6. The molecule has 1 N–H and O–H groups in total. The van der Waals surface area contributed by atoms with Crippen LogP contribution >= 0.6 is 0 Å². The van der Waals surface area contributed by atoms with Crippen LogP contribution in [-0.2, 0) is 14.4 Å². The summed E-state index contributed by atoms with van der Waals surface area (Å²) in [6.45, 7) is 5.46. The molecule has 116 valence electrons. The first-order valence-corrected chi connectivity index (χ1v) is 6.87. The first-order valence-electron chi connectivity index (χ1n) is 6.87. The first kappa shape index (κ1) is 15.8. The van der Waals surface area contributed by atoms with Gasteiger partial charge in [-0.1, -0.05) is 19.9 Å². The molecule has 0 aliphatic carbocycles. The highest BCUT2D eigenvalue weighted by Crippen LogP contribution is 2.36. The molecule has 0 spiro atoms. The molecule has 0 bridgehead atoms. The molecule has 1 aromatic carbocycles. The third kappa shape index (κ3) is 3.00. The SMILES string of the molecule is Cc1ccc2c(c1)N(C(=O)/C=C/C(=O)O)C(=O)C(C(C)C)O2. The summed E-state index contributed by atoms with van der Waals surface area (Å²) in [5.41, 5.74) is 1.19. The smallest absolute Gasteiger partial charge is 0.328 e. The Morgan fingerprint density at radius 1 is 1.32 bits per heavy atom. The molecule has 0 fully saturated rings. The summed E-state index contributed by atoms with van der Waals surface area (Å²) in [6, 6.07) is 5.19. The van der Waals surface area contributed by atoms with E-state index in [1.165, 1.54) is 0 Å². The maximum absolute atomic E-state index is 12.5. The molecule has 0 aromatic heterocycles. The number of ether oxygens (including phenoxy) is 1. The number of nitrogens with zero attached hydrogens (tertiary/aromatic N) is 1. The van der Waals surface area contributed by atoms with Crippen LogP contribution in [0.3, 0.4) is 0 Å². The van der Waals surface area contributed by atoms with E-state index in [2.05, 4.69) is 0 Å². The summed E-state index contributed by atoms with van der Waals surface area (Å²) in [4.78, 5) is 36.3. The predicted octanol–water partition coefficient (Wildman–Crippen LogP) is 1.91. The molecular weight excluding hydrogens is 286 g/mol. The Bertz CT molecular complexity index is 663. The number of fused-ring (bicyclic) bond motifs is 1. The molecular formula is C16H17NO5. The summed E-state index contributed by atoms with van der Waals surface area (Å²) in [5, 5.41) is 8.64. The summed E-state index contributed by atoms with van der Waals surface area (Å²) in [7, 11) is 0. The number of amides is 2. The number of aliphatic carboxylic acids is 1. The molecule has 0 radical (unpaired) electrons. The van der Waals surface area contributed by atoms with Gasteiger partial charge in [-0.25, -0.2) is 9.69 Å². The molecule has 6 heteroatoms. The van der Waals surface area contributed by atoms with Crippen molar-refractivity contribution in [3.63, 3.8) is 0 Å². The number of carbonyl (C=O) groups is 3. The van der Waals surface area contributed by atoms with E-state index < -0.39 is 23.9 Å². The Kier molecular flexibility index (Phi) is 4.30. The van der Waals surface area contributed by atoms with Crippen molar-refractivity contribution in [3.8, 4) is 5.75 Å². The largest absolute Gasteiger partial charge is 0.478 e. The van der Waals surface area contributed by atoms with Gasteiger partial charge in [-0.15, -0.1) is 0 Å². The third-order valence-corrected chi connectivity index (χ3v) is 3.27.